The molecule has 2 amide bonds. The number of aromatic nitrogens is 3. The maximum atomic E-state index is 13.8. The predicted molar refractivity (Wildman–Crippen MR) is 130 cm³/mol. The van der Waals surface area contributed by atoms with Crippen LogP contribution in [-0.2, 0) is 16.1 Å². The number of nitrogens with zero attached hydrogens (tertiary/aromatic N) is 4. The number of furan rings is 1. The molecule has 4 aromatic rings. The molecule has 0 spiro atoms. The molecule has 0 fully saturated rings. The largest absolute Gasteiger partial charge is 0.464 e. The van der Waals surface area contributed by atoms with E-state index in [1.54, 1.807) is 25.1 Å². The van der Waals surface area contributed by atoms with Gasteiger partial charge in [-0.2, -0.15) is 0 Å². The Labute approximate surface area is 202 Å². The van der Waals surface area contributed by atoms with Gasteiger partial charge in [-0.3, -0.25) is 14.5 Å². The van der Waals surface area contributed by atoms with Crippen molar-refractivity contribution in [3.05, 3.63) is 78.0 Å². The van der Waals surface area contributed by atoms with Crippen LogP contribution < -0.4 is 10.2 Å². The van der Waals surface area contributed by atoms with Crippen LogP contribution in [-0.4, -0.2) is 32.3 Å². The summed E-state index contributed by atoms with van der Waals surface area (Å²) in [5, 5.41) is 11.2. The highest BCUT2D eigenvalue weighted by atomic mass is 19.1. The Kier molecular flexibility index (Phi) is 6.68. The van der Waals surface area contributed by atoms with Gasteiger partial charge in [0, 0.05) is 11.2 Å². The number of para-hydroxylation sites is 1. The van der Waals surface area contributed by atoms with E-state index in [1.165, 1.54) is 33.8 Å². The Hall–Kier alpha value is -4.01. The van der Waals surface area contributed by atoms with Crippen LogP contribution in [0.4, 0.5) is 10.1 Å². The molecule has 35 heavy (non-hydrogen) atoms. The lowest BCUT2D eigenvalue weighted by atomic mass is 10.0. The molecule has 1 atom stereocenters. The van der Waals surface area contributed by atoms with Gasteiger partial charge < -0.3 is 9.73 Å². The van der Waals surface area contributed by atoms with E-state index in [9.17, 15) is 14.0 Å². The molecular weight excluding hydrogens is 449 g/mol. The molecule has 182 valence electrons. The summed E-state index contributed by atoms with van der Waals surface area (Å²) in [5.41, 5.74) is 1.16. The summed E-state index contributed by atoms with van der Waals surface area (Å²) in [6.07, 6.45) is 0.679. The van der Waals surface area contributed by atoms with Crippen LogP contribution in [0, 0.1) is 12.7 Å². The van der Waals surface area contributed by atoms with Crippen molar-refractivity contribution in [3.8, 4) is 0 Å². The fourth-order valence-corrected chi connectivity index (χ4v) is 3.74. The number of halogens is 1. The zero-order valence-corrected chi connectivity index (χ0v) is 20.2. The number of carbonyl (C=O) groups is 2. The Morgan fingerprint density at radius 2 is 1.83 bits per heavy atom. The molecule has 2 aromatic heterocycles. The summed E-state index contributed by atoms with van der Waals surface area (Å²) in [7, 11) is 0. The molecule has 2 heterocycles. The fraction of sp³-hybridized carbons (Fsp3) is 0.308. The van der Waals surface area contributed by atoms with Gasteiger partial charge in [-0.25, -0.2) is 9.07 Å². The predicted octanol–water partition coefficient (Wildman–Crippen LogP) is 4.55. The van der Waals surface area contributed by atoms with Crippen LogP contribution in [0.25, 0.3) is 11.0 Å². The number of amides is 2. The lowest BCUT2D eigenvalue weighted by Gasteiger charge is -2.33. The Balaban J connectivity index is 1.79. The van der Waals surface area contributed by atoms with E-state index in [0.29, 0.717) is 34.7 Å². The van der Waals surface area contributed by atoms with Gasteiger partial charge in [-0.05, 0) is 75.7 Å². The number of carbonyl (C=O) groups excluding carboxylic acids is 2. The van der Waals surface area contributed by atoms with Crippen LogP contribution in [0.5, 0.6) is 0 Å². The number of nitrogens with one attached hydrogen (secondary N) is 1. The highest BCUT2D eigenvalue weighted by Gasteiger charge is 2.37. The second-order valence-corrected chi connectivity index (χ2v) is 9.05. The van der Waals surface area contributed by atoms with Gasteiger partial charge in [0.15, 0.2) is 6.04 Å². The summed E-state index contributed by atoms with van der Waals surface area (Å²) in [5.74, 6) is -0.400. The van der Waals surface area contributed by atoms with Crippen LogP contribution in [0.15, 0.2) is 65.1 Å². The SMILES string of the molecule is CCC(C)(C)NC(=O)[C@H](c1ccc(C)o1)N(C(=O)Cn1nnc2ccccc21)c1ccc(F)cc1. The number of benzene rings is 2. The zero-order valence-electron chi connectivity index (χ0n) is 20.2. The number of anilines is 1. The first-order valence-corrected chi connectivity index (χ1v) is 11.4. The van der Waals surface area contributed by atoms with E-state index in [2.05, 4.69) is 15.6 Å². The minimum atomic E-state index is -1.12. The minimum Gasteiger partial charge on any atom is -0.464 e. The van der Waals surface area contributed by atoms with Gasteiger partial charge >= 0.3 is 0 Å². The summed E-state index contributed by atoms with van der Waals surface area (Å²) in [6, 6.07) is 15.0. The monoisotopic (exact) mass is 477 g/mol. The van der Waals surface area contributed by atoms with Crippen LogP contribution in [0.2, 0.25) is 0 Å². The van der Waals surface area contributed by atoms with Gasteiger partial charge in [0.1, 0.15) is 29.4 Å². The van der Waals surface area contributed by atoms with E-state index in [4.69, 9.17) is 4.42 Å². The molecule has 0 aliphatic rings. The van der Waals surface area contributed by atoms with Crippen molar-refractivity contribution in [3.63, 3.8) is 0 Å². The second-order valence-electron chi connectivity index (χ2n) is 9.05. The molecule has 4 rings (SSSR count). The zero-order chi connectivity index (χ0) is 25.2. The van der Waals surface area contributed by atoms with Crippen molar-refractivity contribution in [2.45, 2.75) is 52.2 Å². The third kappa shape index (κ3) is 5.24. The van der Waals surface area contributed by atoms with E-state index in [-0.39, 0.29) is 6.54 Å². The summed E-state index contributed by atoms with van der Waals surface area (Å²) < 4.78 is 21.1. The number of hydrogen-bond acceptors (Lipinski definition) is 5. The first-order chi connectivity index (χ1) is 16.7. The topological polar surface area (TPSA) is 93.3 Å². The van der Waals surface area contributed by atoms with Crippen molar-refractivity contribution in [2.24, 2.45) is 0 Å². The smallest absolute Gasteiger partial charge is 0.251 e. The van der Waals surface area contributed by atoms with E-state index >= 15 is 0 Å². The average molecular weight is 478 g/mol. The summed E-state index contributed by atoms with van der Waals surface area (Å²) >= 11 is 0. The van der Waals surface area contributed by atoms with Crippen molar-refractivity contribution < 1.29 is 18.4 Å². The Bertz CT molecular complexity index is 1340. The summed E-state index contributed by atoms with van der Waals surface area (Å²) in [6.45, 7) is 7.35. The standard InChI is InChI=1S/C26H28FN5O3/c1-5-26(3,4)28-25(34)24(22-15-10-17(2)35-22)32(19-13-11-18(27)12-14-19)23(33)16-31-21-9-7-6-8-20(21)29-30-31/h6-15,24H,5,16H2,1-4H3,(H,28,34)/t24-/m0/s1. The highest BCUT2D eigenvalue weighted by molar-refractivity contribution is 6.01. The van der Waals surface area contributed by atoms with Crippen molar-refractivity contribution in [1.82, 2.24) is 20.3 Å². The molecular formula is C26H28FN5O3. The Morgan fingerprint density at radius 3 is 2.49 bits per heavy atom. The highest BCUT2D eigenvalue weighted by Crippen LogP contribution is 2.31. The fourth-order valence-electron chi connectivity index (χ4n) is 3.74. The molecule has 0 saturated heterocycles. The van der Waals surface area contributed by atoms with Crippen LogP contribution in [0.3, 0.4) is 0 Å². The number of rotatable bonds is 8. The maximum Gasteiger partial charge on any atom is 0.251 e. The van der Waals surface area contributed by atoms with Crippen molar-refractivity contribution in [1.29, 1.82) is 0 Å². The molecule has 0 aliphatic heterocycles. The quantitative estimate of drug-likeness (QED) is 0.402. The lowest BCUT2D eigenvalue weighted by molar-refractivity contribution is -0.128. The van der Waals surface area contributed by atoms with Crippen molar-refractivity contribution in [2.75, 3.05) is 4.90 Å². The lowest BCUT2D eigenvalue weighted by Crippen LogP contribution is -2.51. The molecule has 0 unspecified atom stereocenters. The van der Waals surface area contributed by atoms with Crippen LogP contribution in [0.1, 0.15) is 44.8 Å². The summed E-state index contributed by atoms with van der Waals surface area (Å²) in [4.78, 5) is 28.8. The van der Waals surface area contributed by atoms with Crippen molar-refractivity contribution >= 4 is 28.5 Å². The van der Waals surface area contributed by atoms with E-state index in [0.717, 1.165) is 0 Å². The molecule has 0 radical (unpaired) electrons. The first kappa shape index (κ1) is 24.1. The third-order valence-electron chi connectivity index (χ3n) is 5.96. The number of aryl methyl sites for hydroxylation is 1. The van der Waals surface area contributed by atoms with E-state index < -0.39 is 29.2 Å². The Morgan fingerprint density at radius 1 is 1.11 bits per heavy atom. The molecule has 0 bridgehead atoms. The van der Waals surface area contributed by atoms with Gasteiger partial charge in [0.05, 0.1) is 5.52 Å². The second kappa shape index (κ2) is 9.69. The van der Waals surface area contributed by atoms with Gasteiger partial charge in [0.2, 0.25) is 5.91 Å². The molecule has 9 heteroatoms. The minimum absolute atomic E-state index is 0.182. The van der Waals surface area contributed by atoms with Gasteiger partial charge in [0.25, 0.3) is 5.91 Å². The number of fused-ring (bicyclic) bond motifs is 1. The first-order valence-electron chi connectivity index (χ1n) is 11.4. The van der Waals surface area contributed by atoms with E-state index in [1.807, 2.05) is 39.0 Å². The third-order valence-corrected chi connectivity index (χ3v) is 5.96. The average Bonchev–Trinajstić information content (AvgIpc) is 3.44. The molecule has 8 nitrogen and oxygen atoms in total. The molecule has 1 N–H and O–H groups in total. The van der Waals surface area contributed by atoms with Gasteiger partial charge in [-0.15, -0.1) is 5.10 Å². The normalized spacial score (nSPS) is 12.5. The maximum absolute atomic E-state index is 13.8. The molecule has 0 aliphatic carbocycles. The number of hydrogen-bond donors (Lipinski definition) is 1. The molecule has 2 aromatic carbocycles. The molecule has 0 saturated carbocycles. The van der Waals surface area contributed by atoms with Gasteiger partial charge in [-0.1, -0.05) is 24.3 Å². The van der Waals surface area contributed by atoms with Crippen LogP contribution >= 0.6 is 0 Å².